The van der Waals surface area contributed by atoms with Crippen molar-refractivity contribution in [2.75, 3.05) is 0 Å². The molecular weight excluding hydrogens is 809 g/mol. The topological polar surface area (TPSA) is 64.7 Å². The summed E-state index contributed by atoms with van der Waals surface area (Å²) in [5.41, 5.74) is 12.1. The van der Waals surface area contributed by atoms with Crippen LogP contribution in [0.15, 0.2) is 199 Å². The lowest BCUT2D eigenvalue weighted by Gasteiger charge is -2.12. The Labute approximate surface area is 369 Å². The molecular formula is C56H32N4OS2. The Morgan fingerprint density at radius 2 is 1.00 bits per heavy atom. The molecule has 0 aliphatic rings. The van der Waals surface area contributed by atoms with Crippen LogP contribution in [0.1, 0.15) is 0 Å². The van der Waals surface area contributed by atoms with Crippen LogP contribution < -0.4 is 0 Å². The van der Waals surface area contributed by atoms with Gasteiger partial charge in [0.25, 0.3) is 0 Å². The second-order valence-electron chi connectivity index (χ2n) is 15.7. The van der Waals surface area contributed by atoms with Crippen LogP contribution in [0.4, 0.5) is 0 Å². The molecule has 0 saturated carbocycles. The third-order valence-electron chi connectivity index (χ3n) is 11.9. The van der Waals surface area contributed by atoms with E-state index >= 15 is 0 Å². The molecule has 0 fully saturated rings. The predicted octanol–water partition coefficient (Wildman–Crippen LogP) is 15.9. The molecule has 0 N–H and O–H groups in total. The number of hydrogen-bond acceptors (Lipinski definition) is 7. The average molecular weight is 841 g/mol. The molecule has 8 aromatic carbocycles. The number of furan rings is 1. The molecule has 5 aromatic heterocycles. The summed E-state index contributed by atoms with van der Waals surface area (Å²) in [6, 6.07) is 67.9. The third kappa shape index (κ3) is 5.97. The zero-order chi connectivity index (χ0) is 41.4. The van der Waals surface area contributed by atoms with Gasteiger partial charge in [0, 0.05) is 73.5 Å². The van der Waals surface area contributed by atoms with Crippen LogP contribution in [-0.4, -0.2) is 19.9 Å². The minimum absolute atomic E-state index is 0.659. The highest BCUT2D eigenvalue weighted by molar-refractivity contribution is 7.26. The van der Waals surface area contributed by atoms with Crippen LogP contribution in [0.25, 0.3) is 130 Å². The maximum Gasteiger partial charge on any atom is 0.180 e. The fraction of sp³-hybridized carbons (Fsp3) is 0. The van der Waals surface area contributed by atoms with Crippen molar-refractivity contribution >= 4 is 85.1 Å². The van der Waals surface area contributed by atoms with E-state index in [2.05, 4.69) is 140 Å². The summed E-state index contributed by atoms with van der Waals surface area (Å²) in [4.78, 5) is 20.9. The molecule has 5 heterocycles. The van der Waals surface area contributed by atoms with Gasteiger partial charge in [-0.2, -0.15) is 0 Å². The SMILES string of the molecule is c1ccc(-c2nc(-c3cccc(-c4cccc5c4sc4ccccc45)c3)cc(-c3cccc4sc5ccc(-c6nc(-c7ccccc7)nc7c6oc6ccccc67)cc5c34)n2)cc1. The van der Waals surface area contributed by atoms with Crippen molar-refractivity contribution in [1.82, 2.24) is 19.9 Å². The summed E-state index contributed by atoms with van der Waals surface area (Å²) in [5, 5.41) is 5.82. The summed E-state index contributed by atoms with van der Waals surface area (Å²) in [5.74, 6) is 1.34. The molecule has 0 atom stereocenters. The molecule has 5 nitrogen and oxygen atoms in total. The van der Waals surface area contributed by atoms with Crippen molar-refractivity contribution in [3.8, 4) is 67.7 Å². The van der Waals surface area contributed by atoms with E-state index in [0.717, 1.165) is 77.7 Å². The standard InChI is InChI=1S/C56H32N4OS2/c1-3-14-33(15-4-1)55-57-44(36-19-11-18-35(30-36)38-22-12-23-40-39-20-8-10-26-47(39)63-54(38)40)32-45(58-55)41-24-13-27-49-50(41)43-31-37(28-29-48(43)62-49)51-53-52(42-21-7-9-25-46(42)61-53)60-56(59-51)34-16-5-2-6-17-34/h1-32H. The van der Waals surface area contributed by atoms with Crippen LogP contribution in [0.3, 0.4) is 0 Å². The van der Waals surface area contributed by atoms with Crippen molar-refractivity contribution in [2.24, 2.45) is 0 Å². The van der Waals surface area contributed by atoms with E-state index in [1.165, 1.54) is 35.1 Å². The van der Waals surface area contributed by atoms with Gasteiger partial charge in [0.1, 0.15) is 16.8 Å². The van der Waals surface area contributed by atoms with Gasteiger partial charge in [-0.3, -0.25) is 0 Å². The highest BCUT2D eigenvalue weighted by Crippen LogP contribution is 2.45. The second-order valence-corrected chi connectivity index (χ2v) is 17.9. The number of thiophene rings is 2. The summed E-state index contributed by atoms with van der Waals surface area (Å²) in [7, 11) is 0. The van der Waals surface area contributed by atoms with Gasteiger partial charge < -0.3 is 4.42 Å². The average Bonchev–Trinajstić information content (AvgIpc) is 4.05. The number of nitrogens with zero attached hydrogens (tertiary/aromatic N) is 4. The Kier molecular flexibility index (Phi) is 8.19. The molecule has 0 aliphatic carbocycles. The summed E-state index contributed by atoms with van der Waals surface area (Å²) in [6.45, 7) is 0. The normalized spacial score (nSPS) is 11.8. The maximum atomic E-state index is 6.55. The molecule has 63 heavy (non-hydrogen) atoms. The smallest absolute Gasteiger partial charge is 0.180 e. The minimum Gasteiger partial charge on any atom is -0.452 e. The van der Waals surface area contributed by atoms with Gasteiger partial charge in [-0.15, -0.1) is 22.7 Å². The molecule has 0 aliphatic heterocycles. The Balaban J connectivity index is 0.999. The lowest BCUT2D eigenvalue weighted by atomic mass is 9.98. The molecule has 7 heteroatoms. The number of rotatable bonds is 6. The molecule has 0 radical (unpaired) electrons. The van der Waals surface area contributed by atoms with Gasteiger partial charge in [0.05, 0.1) is 11.4 Å². The summed E-state index contributed by atoms with van der Waals surface area (Å²) in [6.07, 6.45) is 0. The van der Waals surface area contributed by atoms with Gasteiger partial charge >= 0.3 is 0 Å². The van der Waals surface area contributed by atoms with E-state index in [1.54, 1.807) is 11.3 Å². The maximum absolute atomic E-state index is 6.55. The fourth-order valence-electron chi connectivity index (χ4n) is 8.96. The van der Waals surface area contributed by atoms with Crippen LogP contribution in [0, 0.1) is 0 Å². The molecule has 0 bridgehead atoms. The largest absolute Gasteiger partial charge is 0.452 e. The molecule has 13 aromatic rings. The van der Waals surface area contributed by atoms with Crippen LogP contribution in [0.2, 0.25) is 0 Å². The second kappa shape index (κ2) is 14.4. The van der Waals surface area contributed by atoms with E-state index < -0.39 is 0 Å². The first kappa shape index (κ1) is 35.9. The molecule has 0 unspecified atom stereocenters. The molecule has 0 saturated heterocycles. The molecule has 13 rings (SSSR count). The summed E-state index contributed by atoms with van der Waals surface area (Å²) < 4.78 is 11.5. The van der Waals surface area contributed by atoms with E-state index in [1.807, 2.05) is 65.9 Å². The lowest BCUT2D eigenvalue weighted by Crippen LogP contribution is -1.96. The molecule has 0 spiro atoms. The molecule has 294 valence electrons. The Morgan fingerprint density at radius 3 is 1.86 bits per heavy atom. The first-order valence-corrected chi connectivity index (χ1v) is 22.5. The lowest BCUT2D eigenvalue weighted by molar-refractivity contribution is 0.667. The van der Waals surface area contributed by atoms with Gasteiger partial charge in [-0.05, 0) is 59.7 Å². The quantitative estimate of drug-likeness (QED) is 0.167. The first-order chi connectivity index (χ1) is 31.2. The zero-order valence-electron chi connectivity index (χ0n) is 33.5. The van der Waals surface area contributed by atoms with E-state index in [-0.39, 0.29) is 0 Å². The van der Waals surface area contributed by atoms with Crippen molar-refractivity contribution in [2.45, 2.75) is 0 Å². The highest BCUT2D eigenvalue weighted by Gasteiger charge is 2.21. The first-order valence-electron chi connectivity index (χ1n) is 20.9. The monoisotopic (exact) mass is 840 g/mol. The van der Waals surface area contributed by atoms with Gasteiger partial charge in [-0.25, -0.2) is 19.9 Å². The number of aromatic nitrogens is 4. The number of para-hydroxylation sites is 1. The summed E-state index contributed by atoms with van der Waals surface area (Å²) >= 11 is 3.64. The van der Waals surface area contributed by atoms with E-state index in [0.29, 0.717) is 17.2 Å². The minimum atomic E-state index is 0.659. The number of fused-ring (bicyclic) bond motifs is 9. The van der Waals surface area contributed by atoms with Crippen LogP contribution in [0.5, 0.6) is 0 Å². The van der Waals surface area contributed by atoms with Crippen molar-refractivity contribution in [1.29, 1.82) is 0 Å². The fourth-order valence-corrected chi connectivity index (χ4v) is 11.3. The predicted molar refractivity (Wildman–Crippen MR) is 263 cm³/mol. The highest BCUT2D eigenvalue weighted by atomic mass is 32.1. The van der Waals surface area contributed by atoms with Crippen molar-refractivity contribution < 1.29 is 4.42 Å². The van der Waals surface area contributed by atoms with E-state index in [4.69, 9.17) is 24.4 Å². The van der Waals surface area contributed by atoms with Crippen molar-refractivity contribution in [3.05, 3.63) is 194 Å². The van der Waals surface area contributed by atoms with Crippen LogP contribution in [-0.2, 0) is 0 Å². The van der Waals surface area contributed by atoms with Gasteiger partial charge in [0.2, 0.25) is 0 Å². The Hall–Kier alpha value is -7.84. The third-order valence-corrected chi connectivity index (χ3v) is 14.3. The number of benzene rings is 8. The zero-order valence-corrected chi connectivity index (χ0v) is 35.1. The van der Waals surface area contributed by atoms with E-state index in [9.17, 15) is 0 Å². The Bertz CT molecular complexity index is 3930. The van der Waals surface area contributed by atoms with Crippen LogP contribution >= 0.6 is 22.7 Å². The van der Waals surface area contributed by atoms with Gasteiger partial charge in [0.15, 0.2) is 17.2 Å². The van der Waals surface area contributed by atoms with Gasteiger partial charge in [-0.1, -0.05) is 146 Å². The number of hydrogen-bond donors (Lipinski definition) is 0. The molecule has 0 amide bonds. The van der Waals surface area contributed by atoms with Crippen molar-refractivity contribution in [3.63, 3.8) is 0 Å². The Morgan fingerprint density at radius 1 is 0.365 bits per heavy atom.